The van der Waals surface area contributed by atoms with Crippen molar-refractivity contribution in [3.63, 3.8) is 0 Å². The number of rotatable bonds is 4. The first-order valence-corrected chi connectivity index (χ1v) is 8.52. The summed E-state index contributed by atoms with van der Waals surface area (Å²) in [4.78, 5) is 21.5. The molecule has 1 aliphatic rings. The van der Waals surface area contributed by atoms with Crippen LogP contribution in [0.15, 0.2) is 28.4 Å². The average Bonchev–Trinajstić information content (AvgIpc) is 2.77. The molecule has 2 rings (SSSR count). The number of nitro groups is 1. The standard InChI is InChI=1S/C11H12N4O3S2/c1-8(16)14-11-4-10(15(17)18)3-2-9(11)5-20(19)6-12-13-7-20/h2-4,6-7,19H,5H2,1H3,(H,14,16). The summed E-state index contributed by atoms with van der Waals surface area (Å²) in [5, 5.41) is 21.0. The normalized spacial score (nSPS) is 16.9. The van der Waals surface area contributed by atoms with Gasteiger partial charge >= 0.3 is 0 Å². The van der Waals surface area contributed by atoms with Crippen molar-refractivity contribution in [2.45, 2.75) is 12.7 Å². The van der Waals surface area contributed by atoms with Crippen LogP contribution in [0.5, 0.6) is 0 Å². The highest BCUT2D eigenvalue weighted by Crippen LogP contribution is 2.53. The van der Waals surface area contributed by atoms with E-state index in [0.717, 1.165) is 5.56 Å². The molecule has 0 atom stereocenters. The Kier molecular flexibility index (Phi) is 4.09. The number of nitrogens with one attached hydrogen (secondary N) is 1. The minimum atomic E-state index is -1.56. The maximum atomic E-state index is 11.2. The van der Waals surface area contributed by atoms with Crippen LogP contribution in [0.4, 0.5) is 11.4 Å². The van der Waals surface area contributed by atoms with Crippen LogP contribution < -0.4 is 5.32 Å². The topological polar surface area (TPSA) is 97.0 Å². The van der Waals surface area contributed by atoms with E-state index >= 15 is 0 Å². The zero-order chi connectivity index (χ0) is 14.8. The quantitative estimate of drug-likeness (QED) is 0.387. The average molecular weight is 312 g/mol. The largest absolute Gasteiger partial charge is 0.326 e. The van der Waals surface area contributed by atoms with E-state index in [2.05, 4.69) is 27.2 Å². The van der Waals surface area contributed by atoms with Crippen LogP contribution in [0.1, 0.15) is 12.5 Å². The second-order valence-corrected chi connectivity index (χ2v) is 8.54. The summed E-state index contributed by atoms with van der Waals surface area (Å²) in [7, 11) is -1.56. The highest BCUT2D eigenvalue weighted by molar-refractivity contribution is 8.98. The van der Waals surface area contributed by atoms with Gasteiger partial charge in [-0.3, -0.25) is 14.9 Å². The van der Waals surface area contributed by atoms with Crippen LogP contribution in [0.3, 0.4) is 0 Å². The third-order valence-corrected chi connectivity index (χ3v) is 5.17. The number of non-ortho nitro benzene ring substituents is 1. The van der Waals surface area contributed by atoms with Crippen LogP contribution in [0.2, 0.25) is 0 Å². The molecule has 0 fully saturated rings. The number of hydrogen-bond acceptors (Lipinski definition) is 6. The number of carbonyl (C=O) groups excluding carboxylic acids is 1. The number of anilines is 1. The number of hydrogen-bond donors (Lipinski definition) is 2. The van der Waals surface area contributed by atoms with Gasteiger partial charge in [0.15, 0.2) is 0 Å². The third kappa shape index (κ3) is 3.36. The fourth-order valence-electron chi connectivity index (χ4n) is 1.68. The van der Waals surface area contributed by atoms with E-state index in [1.165, 1.54) is 19.1 Å². The summed E-state index contributed by atoms with van der Waals surface area (Å²) < 4.78 is 0. The Bertz CT molecular complexity index is 618. The molecule has 7 nitrogen and oxygen atoms in total. The van der Waals surface area contributed by atoms with Crippen LogP contribution >= 0.6 is 20.7 Å². The molecule has 1 heterocycles. The lowest BCUT2D eigenvalue weighted by Crippen LogP contribution is -2.09. The van der Waals surface area contributed by atoms with E-state index in [0.29, 0.717) is 11.4 Å². The molecule has 1 aromatic rings. The first kappa shape index (κ1) is 14.5. The summed E-state index contributed by atoms with van der Waals surface area (Å²) in [6.45, 7) is 1.35. The lowest BCUT2D eigenvalue weighted by Gasteiger charge is -2.22. The van der Waals surface area contributed by atoms with Crippen LogP contribution in [-0.2, 0) is 10.5 Å². The van der Waals surface area contributed by atoms with Crippen molar-refractivity contribution < 1.29 is 9.72 Å². The lowest BCUT2D eigenvalue weighted by molar-refractivity contribution is -0.384. The number of thiol groups is 1. The SMILES string of the molecule is CC(=O)Nc1cc([N+](=O)[O-])ccc1CS1(S)C=NN=C1. The van der Waals surface area contributed by atoms with E-state index in [1.807, 2.05) is 0 Å². The monoisotopic (exact) mass is 312 g/mol. The van der Waals surface area contributed by atoms with Gasteiger partial charge in [0.2, 0.25) is 5.91 Å². The highest BCUT2D eigenvalue weighted by atomic mass is 33.1. The van der Waals surface area contributed by atoms with Gasteiger partial charge in [0, 0.05) is 24.8 Å². The molecule has 20 heavy (non-hydrogen) atoms. The number of carbonyl (C=O) groups is 1. The molecule has 0 radical (unpaired) electrons. The fraction of sp³-hybridized carbons (Fsp3) is 0.182. The molecule has 0 aliphatic carbocycles. The summed E-state index contributed by atoms with van der Waals surface area (Å²) in [6.07, 6.45) is 0. The molecular formula is C11H12N4O3S2. The van der Waals surface area contributed by atoms with E-state index in [4.69, 9.17) is 0 Å². The molecule has 0 spiro atoms. The molecular weight excluding hydrogens is 300 g/mol. The second kappa shape index (κ2) is 5.63. The highest BCUT2D eigenvalue weighted by Gasteiger charge is 2.22. The number of benzene rings is 1. The smallest absolute Gasteiger partial charge is 0.271 e. The zero-order valence-electron chi connectivity index (χ0n) is 10.5. The number of nitro benzene ring substituents is 1. The van der Waals surface area contributed by atoms with Gasteiger partial charge in [0.1, 0.15) is 0 Å². The number of nitrogens with zero attached hydrogens (tertiary/aromatic N) is 3. The van der Waals surface area contributed by atoms with E-state index in [1.54, 1.807) is 17.2 Å². The van der Waals surface area contributed by atoms with Crippen molar-refractivity contribution in [1.82, 2.24) is 0 Å². The molecule has 0 unspecified atom stereocenters. The van der Waals surface area contributed by atoms with Gasteiger partial charge in [0.05, 0.1) is 21.7 Å². The Labute approximate surface area is 121 Å². The first-order valence-electron chi connectivity index (χ1n) is 5.54. The third-order valence-electron chi connectivity index (χ3n) is 2.53. The van der Waals surface area contributed by atoms with Gasteiger partial charge in [-0.05, 0) is 11.6 Å². The molecule has 0 bridgehead atoms. The molecule has 0 aromatic heterocycles. The summed E-state index contributed by atoms with van der Waals surface area (Å²) in [5.74, 6) is 0.209. The van der Waals surface area contributed by atoms with Crippen molar-refractivity contribution in [1.29, 1.82) is 0 Å². The molecule has 1 aliphatic heterocycles. The Balaban J connectivity index is 2.36. The molecule has 106 valence electrons. The van der Waals surface area contributed by atoms with Crippen molar-refractivity contribution in [3.8, 4) is 0 Å². The summed E-state index contributed by atoms with van der Waals surface area (Å²) in [6, 6.07) is 4.37. The van der Waals surface area contributed by atoms with Crippen molar-refractivity contribution in [2.24, 2.45) is 10.2 Å². The first-order chi connectivity index (χ1) is 9.39. The maximum absolute atomic E-state index is 11.2. The summed E-state index contributed by atoms with van der Waals surface area (Å²) in [5.41, 5.74) is 4.43. The van der Waals surface area contributed by atoms with Gasteiger partial charge in [-0.2, -0.15) is 10.2 Å². The van der Waals surface area contributed by atoms with Gasteiger partial charge in [-0.25, -0.2) is 0 Å². The fourth-order valence-corrected chi connectivity index (χ4v) is 3.74. The van der Waals surface area contributed by atoms with Crippen LogP contribution in [0.25, 0.3) is 0 Å². The molecule has 9 heteroatoms. The van der Waals surface area contributed by atoms with E-state index < -0.39 is 14.0 Å². The Morgan fingerprint density at radius 1 is 1.45 bits per heavy atom. The molecule has 1 amide bonds. The Morgan fingerprint density at radius 3 is 2.65 bits per heavy atom. The predicted molar refractivity (Wildman–Crippen MR) is 84.7 cm³/mol. The maximum Gasteiger partial charge on any atom is 0.271 e. The van der Waals surface area contributed by atoms with Crippen molar-refractivity contribution in [3.05, 3.63) is 33.9 Å². The van der Waals surface area contributed by atoms with E-state index in [-0.39, 0.29) is 11.6 Å². The minimum Gasteiger partial charge on any atom is -0.326 e. The zero-order valence-corrected chi connectivity index (χ0v) is 12.2. The van der Waals surface area contributed by atoms with Crippen LogP contribution in [-0.4, -0.2) is 21.9 Å². The van der Waals surface area contributed by atoms with Gasteiger partial charge in [0.25, 0.3) is 5.69 Å². The second-order valence-electron chi connectivity index (χ2n) is 4.18. The van der Waals surface area contributed by atoms with E-state index in [9.17, 15) is 14.9 Å². The summed E-state index contributed by atoms with van der Waals surface area (Å²) >= 11 is 4.54. The van der Waals surface area contributed by atoms with Crippen molar-refractivity contribution >= 4 is 49.1 Å². The molecule has 1 N–H and O–H groups in total. The molecule has 1 aromatic carbocycles. The van der Waals surface area contributed by atoms with Gasteiger partial charge in [-0.15, -0.1) is 20.7 Å². The minimum absolute atomic E-state index is 0.0746. The number of amides is 1. The van der Waals surface area contributed by atoms with Gasteiger partial charge < -0.3 is 5.32 Å². The Morgan fingerprint density at radius 2 is 2.10 bits per heavy atom. The van der Waals surface area contributed by atoms with Crippen LogP contribution in [0, 0.1) is 10.1 Å². The molecule has 0 saturated heterocycles. The van der Waals surface area contributed by atoms with Gasteiger partial charge in [-0.1, -0.05) is 0 Å². The van der Waals surface area contributed by atoms with Crippen molar-refractivity contribution in [2.75, 3.05) is 5.32 Å². The predicted octanol–water partition coefficient (Wildman–Crippen LogP) is 2.69. The Hall–Kier alpha value is -1.87. The molecule has 0 saturated carbocycles. The lowest BCUT2D eigenvalue weighted by atomic mass is 10.2.